The van der Waals surface area contributed by atoms with E-state index in [9.17, 15) is 4.79 Å². The highest BCUT2D eigenvalue weighted by molar-refractivity contribution is 7.80. The number of nitrogens with one attached hydrogen (secondary N) is 1. The number of fused-ring (bicyclic) bond motifs is 1. The monoisotopic (exact) mass is 371 g/mol. The molecule has 1 fully saturated rings. The van der Waals surface area contributed by atoms with Crippen molar-refractivity contribution in [2.75, 3.05) is 18.8 Å². The standard InChI is InChI=1S/C21H29N3OS/c1-2-15-10-11-24(13-18(22)14-26)20(15)21(25)23-12-17-8-5-7-16-6-3-4-9-19(16)17/h3-9,15,18,20,26H,2,10-14,22H2,1H3,(H,23,25)/t15-,18+,20-/m0/s1. The summed E-state index contributed by atoms with van der Waals surface area (Å²) in [6.45, 7) is 4.38. The van der Waals surface area contributed by atoms with Gasteiger partial charge >= 0.3 is 0 Å². The number of nitrogens with two attached hydrogens (primary N) is 1. The number of carbonyl (C=O) groups is 1. The van der Waals surface area contributed by atoms with Crippen molar-refractivity contribution in [1.82, 2.24) is 10.2 Å². The molecular formula is C21H29N3OS. The summed E-state index contributed by atoms with van der Waals surface area (Å²) in [4.78, 5) is 15.2. The lowest BCUT2D eigenvalue weighted by Gasteiger charge is -2.28. The Morgan fingerprint density at radius 3 is 2.85 bits per heavy atom. The maximum atomic E-state index is 13.0. The Morgan fingerprint density at radius 1 is 1.31 bits per heavy atom. The molecule has 0 saturated carbocycles. The molecule has 5 heteroatoms. The average molecular weight is 372 g/mol. The van der Waals surface area contributed by atoms with Crippen molar-refractivity contribution in [3.05, 3.63) is 48.0 Å². The topological polar surface area (TPSA) is 58.4 Å². The number of likely N-dealkylation sites (tertiary alicyclic amines) is 1. The summed E-state index contributed by atoms with van der Waals surface area (Å²) < 4.78 is 0. The van der Waals surface area contributed by atoms with E-state index in [0.717, 1.165) is 31.5 Å². The molecule has 0 radical (unpaired) electrons. The van der Waals surface area contributed by atoms with Gasteiger partial charge in [0.25, 0.3) is 0 Å². The van der Waals surface area contributed by atoms with Crippen LogP contribution in [-0.4, -0.2) is 41.7 Å². The van der Waals surface area contributed by atoms with Crippen LogP contribution >= 0.6 is 12.6 Å². The Labute approximate surface area is 161 Å². The molecule has 0 spiro atoms. The van der Waals surface area contributed by atoms with Crippen molar-refractivity contribution < 1.29 is 4.79 Å². The molecule has 3 rings (SSSR count). The molecule has 1 amide bonds. The Morgan fingerprint density at radius 2 is 2.08 bits per heavy atom. The van der Waals surface area contributed by atoms with Crippen molar-refractivity contribution in [3.63, 3.8) is 0 Å². The maximum absolute atomic E-state index is 13.0. The Kier molecular flexibility index (Phi) is 6.57. The second-order valence-corrected chi connectivity index (χ2v) is 7.56. The van der Waals surface area contributed by atoms with E-state index in [1.807, 2.05) is 18.2 Å². The second kappa shape index (κ2) is 8.89. The summed E-state index contributed by atoms with van der Waals surface area (Å²) in [5.74, 6) is 1.15. The molecule has 1 aliphatic rings. The van der Waals surface area contributed by atoms with Gasteiger partial charge in [-0.3, -0.25) is 9.69 Å². The summed E-state index contributed by atoms with van der Waals surface area (Å²) in [5, 5.41) is 5.58. The predicted molar refractivity (Wildman–Crippen MR) is 111 cm³/mol. The van der Waals surface area contributed by atoms with Gasteiger partial charge in [0.15, 0.2) is 0 Å². The fraction of sp³-hybridized carbons (Fsp3) is 0.476. The zero-order valence-corrected chi connectivity index (χ0v) is 16.3. The normalized spacial score (nSPS) is 21.8. The number of amides is 1. The van der Waals surface area contributed by atoms with Gasteiger partial charge in [-0.15, -0.1) is 0 Å². The van der Waals surface area contributed by atoms with Gasteiger partial charge in [-0.2, -0.15) is 12.6 Å². The molecule has 0 unspecified atom stereocenters. The van der Waals surface area contributed by atoms with Gasteiger partial charge in [0.1, 0.15) is 0 Å². The summed E-state index contributed by atoms with van der Waals surface area (Å²) in [6, 6.07) is 14.4. The first-order valence-electron chi connectivity index (χ1n) is 9.48. The van der Waals surface area contributed by atoms with Crippen LogP contribution in [-0.2, 0) is 11.3 Å². The van der Waals surface area contributed by atoms with Gasteiger partial charge < -0.3 is 11.1 Å². The van der Waals surface area contributed by atoms with Crippen LogP contribution in [0.3, 0.4) is 0 Å². The van der Waals surface area contributed by atoms with E-state index in [2.05, 4.69) is 54.0 Å². The third kappa shape index (κ3) is 4.22. The number of carbonyl (C=O) groups excluding carboxylic acids is 1. The molecule has 1 heterocycles. The van der Waals surface area contributed by atoms with Gasteiger partial charge in [-0.1, -0.05) is 55.8 Å². The number of rotatable bonds is 7. The summed E-state index contributed by atoms with van der Waals surface area (Å²) in [6.07, 6.45) is 2.07. The van der Waals surface area contributed by atoms with E-state index >= 15 is 0 Å². The first-order valence-corrected chi connectivity index (χ1v) is 10.1. The fourth-order valence-electron chi connectivity index (χ4n) is 4.03. The van der Waals surface area contributed by atoms with Gasteiger partial charge in [0.2, 0.25) is 5.91 Å². The number of nitrogens with zero attached hydrogens (tertiary/aromatic N) is 1. The number of hydrogen-bond acceptors (Lipinski definition) is 4. The van der Waals surface area contributed by atoms with Gasteiger partial charge in [-0.05, 0) is 35.2 Å². The van der Waals surface area contributed by atoms with Crippen LogP contribution < -0.4 is 11.1 Å². The second-order valence-electron chi connectivity index (χ2n) is 7.20. The van der Waals surface area contributed by atoms with Crippen LogP contribution in [0, 0.1) is 5.92 Å². The predicted octanol–water partition coefficient (Wildman–Crippen LogP) is 2.81. The van der Waals surface area contributed by atoms with Crippen molar-refractivity contribution >= 4 is 29.3 Å². The Bertz CT molecular complexity index is 746. The molecule has 140 valence electrons. The van der Waals surface area contributed by atoms with Crippen LogP contribution in [0.2, 0.25) is 0 Å². The Balaban J connectivity index is 1.70. The van der Waals surface area contributed by atoms with E-state index in [0.29, 0.717) is 18.2 Å². The highest BCUT2D eigenvalue weighted by atomic mass is 32.1. The third-order valence-electron chi connectivity index (χ3n) is 5.46. The Hall–Kier alpha value is -1.56. The average Bonchev–Trinajstić information content (AvgIpc) is 3.08. The number of hydrogen-bond donors (Lipinski definition) is 3. The van der Waals surface area contributed by atoms with Crippen molar-refractivity contribution in [2.45, 2.75) is 38.4 Å². The van der Waals surface area contributed by atoms with Gasteiger partial charge in [-0.25, -0.2) is 0 Å². The minimum absolute atomic E-state index is 0.00214. The molecule has 2 aromatic rings. The third-order valence-corrected chi connectivity index (χ3v) is 5.93. The molecule has 26 heavy (non-hydrogen) atoms. The molecule has 4 nitrogen and oxygen atoms in total. The van der Waals surface area contributed by atoms with Gasteiger partial charge in [0.05, 0.1) is 6.04 Å². The van der Waals surface area contributed by atoms with Crippen LogP contribution in [0.5, 0.6) is 0 Å². The fourth-order valence-corrected chi connectivity index (χ4v) is 4.15. The largest absolute Gasteiger partial charge is 0.351 e. The van der Waals surface area contributed by atoms with Gasteiger partial charge in [0, 0.05) is 24.9 Å². The molecule has 1 saturated heterocycles. The summed E-state index contributed by atoms with van der Waals surface area (Å²) in [7, 11) is 0. The van der Waals surface area contributed by atoms with E-state index in [4.69, 9.17) is 5.73 Å². The molecule has 2 aromatic carbocycles. The van der Waals surface area contributed by atoms with Crippen LogP contribution in [0.1, 0.15) is 25.3 Å². The first kappa shape index (κ1) is 19.2. The highest BCUT2D eigenvalue weighted by Crippen LogP contribution is 2.27. The van der Waals surface area contributed by atoms with E-state index in [1.165, 1.54) is 10.8 Å². The molecule has 0 aromatic heterocycles. The highest BCUT2D eigenvalue weighted by Gasteiger charge is 2.38. The molecule has 3 atom stereocenters. The minimum Gasteiger partial charge on any atom is -0.351 e. The zero-order valence-electron chi connectivity index (χ0n) is 15.4. The van der Waals surface area contributed by atoms with Crippen LogP contribution in [0.4, 0.5) is 0 Å². The molecule has 0 bridgehead atoms. The molecule has 3 N–H and O–H groups in total. The zero-order chi connectivity index (χ0) is 18.5. The molecule has 0 aliphatic carbocycles. The van der Waals surface area contributed by atoms with Crippen LogP contribution in [0.25, 0.3) is 10.8 Å². The van der Waals surface area contributed by atoms with Crippen molar-refractivity contribution in [1.29, 1.82) is 0 Å². The lowest BCUT2D eigenvalue weighted by molar-refractivity contribution is -0.126. The number of thiol groups is 1. The first-order chi connectivity index (χ1) is 12.6. The smallest absolute Gasteiger partial charge is 0.237 e. The number of benzene rings is 2. The lowest BCUT2D eigenvalue weighted by Crippen LogP contribution is -2.49. The summed E-state index contributed by atoms with van der Waals surface area (Å²) >= 11 is 4.29. The SMILES string of the molecule is CC[C@H]1CCN(C[C@@H](N)CS)[C@@H]1C(=O)NCc1cccc2ccccc12. The van der Waals surface area contributed by atoms with Crippen molar-refractivity contribution in [2.24, 2.45) is 11.7 Å². The molecule has 1 aliphatic heterocycles. The lowest BCUT2D eigenvalue weighted by atomic mass is 9.96. The minimum atomic E-state index is -0.0825. The quantitative estimate of drug-likeness (QED) is 0.656. The molecular weight excluding hydrogens is 342 g/mol. The van der Waals surface area contributed by atoms with Crippen molar-refractivity contribution in [3.8, 4) is 0 Å². The van der Waals surface area contributed by atoms with E-state index < -0.39 is 0 Å². The van der Waals surface area contributed by atoms with E-state index in [1.54, 1.807) is 0 Å². The maximum Gasteiger partial charge on any atom is 0.237 e. The van der Waals surface area contributed by atoms with E-state index in [-0.39, 0.29) is 18.0 Å². The van der Waals surface area contributed by atoms with Crippen LogP contribution in [0.15, 0.2) is 42.5 Å². The summed E-state index contributed by atoms with van der Waals surface area (Å²) in [5.41, 5.74) is 7.23.